The van der Waals surface area contributed by atoms with Gasteiger partial charge in [-0.05, 0) is 19.8 Å². The normalized spacial score (nSPS) is 12.3. The zero-order valence-electron chi connectivity index (χ0n) is 14.6. The van der Waals surface area contributed by atoms with Crippen LogP contribution in [-0.2, 0) is 12.0 Å². The van der Waals surface area contributed by atoms with Crippen molar-refractivity contribution in [2.24, 2.45) is 4.99 Å². The summed E-state index contributed by atoms with van der Waals surface area (Å²) in [5, 5.41) is 3.30. The van der Waals surface area contributed by atoms with Gasteiger partial charge in [-0.25, -0.2) is 9.98 Å². The number of unbranched alkanes of at least 4 members (excludes halogenated alkanes) is 1. The van der Waals surface area contributed by atoms with E-state index in [0.29, 0.717) is 12.4 Å². The first-order valence-corrected chi connectivity index (χ1v) is 7.94. The number of guanidine groups is 1. The van der Waals surface area contributed by atoms with Crippen LogP contribution in [0.1, 0.15) is 52.2 Å². The van der Waals surface area contributed by atoms with Crippen molar-refractivity contribution in [1.82, 2.24) is 15.2 Å². The molecule has 124 valence electrons. The van der Waals surface area contributed by atoms with Crippen LogP contribution in [0.4, 0.5) is 0 Å². The summed E-state index contributed by atoms with van der Waals surface area (Å²) >= 11 is 0. The lowest BCUT2D eigenvalue weighted by molar-refractivity contribution is 0.382. The van der Waals surface area contributed by atoms with Crippen molar-refractivity contribution in [3.8, 4) is 0 Å². The Bertz CT molecular complexity index is 485. The van der Waals surface area contributed by atoms with Crippen molar-refractivity contribution >= 4 is 5.96 Å². The van der Waals surface area contributed by atoms with E-state index in [1.165, 1.54) is 0 Å². The molecule has 1 rings (SSSR count). The van der Waals surface area contributed by atoms with Crippen LogP contribution in [0.2, 0.25) is 0 Å². The summed E-state index contributed by atoms with van der Waals surface area (Å²) in [6.07, 6.45) is 5.82. The third-order valence-electron chi connectivity index (χ3n) is 3.26. The first kappa shape index (κ1) is 18.3. The van der Waals surface area contributed by atoms with E-state index >= 15 is 0 Å². The lowest BCUT2D eigenvalue weighted by Crippen LogP contribution is -2.39. The van der Waals surface area contributed by atoms with Crippen LogP contribution in [0.5, 0.6) is 0 Å². The molecule has 0 radical (unpaired) electrons. The molecule has 0 amide bonds. The van der Waals surface area contributed by atoms with Gasteiger partial charge in [-0.15, -0.1) is 6.58 Å². The standard InChI is InChI=1S/C17H30N4O/c1-7-9-10-11-21(6)16(18-8-2)20-13-15-19-12-14(22-15)17(3,4)5/h7,12H,1,8-11,13H2,2-6H3,(H,18,20). The number of nitrogens with one attached hydrogen (secondary N) is 1. The van der Waals surface area contributed by atoms with E-state index in [-0.39, 0.29) is 5.41 Å². The topological polar surface area (TPSA) is 53.7 Å². The molecule has 0 atom stereocenters. The lowest BCUT2D eigenvalue weighted by atomic mass is 9.94. The predicted octanol–water partition coefficient (Wildman–Crippen LogP) is 3.34. The minimum absolute atomic E-state index is 0.0268. The molecule has 0 aliphatic carbocycles. The van der Waals surface area contributed by atoms with Crippen LogP contribution in [-0.4, -0.2) is 36.0 Å². The van der Waals surface area contributed by atoms with Gasteiger partial charge in [-0.2, -0.15) is 0 Å². The van der Waals surface area contributed by atoms with Gasteiger partial charge < -0.3 is 14.6 Å². The zero-order valence-corrected chi connectivity index (χ0v) is 14.6. The van der Waals surface area contributed by atoms with Gasteiger partial charge in [0, 0.05) is 25.6 Å². The minimum Gasteiger partial charge on any atom is -0.443 e. The second-order valence-corrected chi connectivity index (χ2v) is 6.39. The van der Waals surface area contributed by atoms with E-state index in [9.17, 15) is 0 Å². The first-order valence-electron chi connectivity index (χ1n) is 7.94. The summed E-state index contributed by atoms with van der Waals surface area (Å²) in [4.78, 5) is 11.0. The molecule has 0 bridgehead atoms. The van der Waals surface area contributed by atoms with E-state index in [4.69, 9.17) is 4.42 Å². The average Bonchev–Trinajstić information content (AvgIpc) is 2.92. The summed E-state index contributed by atoms with van der Waals surface area (Å²) in [7, 11) is 2.04. The summed E-state index contributed by atoms with van der Waals surface area (Å²) in [6, 6.07) is 0. The summed E-state index contributed by atoms with van der Waals surface area (Å²) in [6.45, 7) is 14.4. The molecule has 0 aliphatic rings. The molecule has 5 heteroatoms. The van der Waals surface area contributed by atoms with Crippen molar-refractivity contribution in [1.29, 1.82) is 0 Å². The molecule has 0 saturated heterocycles. The highest BCUT2D eigenvalue weighted by Crippen LogP contribution is 2.22. The summed E-state index contributed by atoms with van der Waals surface area (Å²) in [5.41, 5.74) is -0.0268. The Morgan fingerprint density at radius 1 is 1.50 bits per heavy atom. The molecule has 0 fully saturated rings. The van der Waals surface area contributed by atoms with Crippen LogP contribution in [0.15, 0.2) is 28.3 Å². The number of hydrogen-bond donors (Lipinski definition) is 1. The lowest BCUT2D eigenvalue weighted by Gasteiger charge is -2.21. The fraction of sp³-hybridized carbons (Fsp3) is 0.647. The largest absolute Gasteiger partial charge is 0.443 e. The smallest absolute Gasteiger partial charge is 0.216 e. The van der Waals surface area contributed by atoms with E-state index in [2.05, 4.69) is 54.5 Å². The molecule has 0 spiro atoms. The molecule has 1 heterocycles. The molecule has 0 saturated carbocycles. The number of oxazole rings is 1. The van der Waals surface area contributed by atoms with Crippen molar-refractivity contribution in [2.45, 2.75) is 52.5 Å². The number of allylic oxidation sites excluding steroid dienone is 1. The molecule has 22 heavy (non-hydrogen) atoms. The number of aromatic nitrogens is 1. The molecule has 1 aromatic rings. The first-order chi connectivity index (χ1) is 10.4. The fourth-order valence-electron chi connectivity index (χ4n) is 1.92. The van der Waals surface area contributed by atoms with E-state index in [1.54, 1.807) is 6.20 Å². The highest BCUT2D eigenvalue weighted by Gasteiger charge is 2.19. The van der Waals surface area contributed by atoms with Crippen LogP contribution in [0.25, 0.3) is 0 Å². The van der Waals surface area contributed by atoms with E-state index in [1.807, 2.05) is 13.1 Å². The Kier molecular flexibility index (Phi) is 7.15. The maximum absolute atomic E-state index is 5.78. The molecule has 1 N–H and O–H groups in total. The Balaban J connectivity index is 2.68. The van der Waals surface area contributed by atoms with Gasteiger partial charge in [0.25, 0.3) is 0 Å². The van der Waals surface area contributed by atoms with Gasteiger partial charge in [0.1, 0.15) is 12.3 Å². The second kappa shape index (κ2) is 8.61. The summed E-state index contributed by atoms with van der Waals surface area (Å²) in [5.74, 6) is 2.42. The quantitative estimate of drug-likeness (QED) is 0.363. The van der Waals surface area contributed by atoms with Gasteiger partial charge in [0.05, 0.1) is 6.20 Å². The number of rotatable bonds is 7. The van der Waals surface area contributed by atoms with Gasteiger partial charge in [0.2, 0.25) is 5.89 Å². The Morgan fingerprint density at radius 3 is 2.77 bits per heavy atom. The third kappa shape index (κ3) is 5.92. The molecule has 1 aromatic heterocycles. The third-order valence-corrected chi connectivity index (χ3v) is 3.26. The van der Waals surface area contributed by atoms with Crippen molar-refractivity contribution in [3.63, 3.8) is 0 Å². The Hall–Kier alpha value is -1.78. The second-order valence-electron chi connectivity index (χ2n) is 6.39. The summed E-state index contributed by atoms with van der Waals surface area (Å²) < 4.78 is 5.78. The van der Waals surface area contributed by atoms with Gasteiger partial charge in [-0.1, -0.05) is 26.8 Å². The van der Waals surface area contributed by atoms with Crippen LogP contribution < -0.4 is 5.32 Å². The fourth-order valence-corrected chi connectivity index (χ4v) is 1.92. The number of hydrogen-bond acceptors (Lipinski definition) is 3. The molecular weight excluding hydrogens is 276 g/mol. The molecular formula is C17H30N4O. The SMILES string of the molecule is C=CCCCN(C)C(=NCc1ncc(C(C)(C)C)o1)NCC. The average molecular weight is 306 g/mol. The van der Waals surface area contributed by atoms with Crippen molar-refractivity contribution < 1.29 is 4.42 Å². The van der Waals surface area contributed by atoms with Crippen LogP contribution in [0.3, 0.4) is 0 Å². The molecule has 5 nitrogen and oxygen atoms in total. The number of nitrogens with zero attached hydrogens (tertiary/aromatic N) is 3. The molecule has 0 aromatic carbocycles. The van der Waals surface area contributed by atoms with Gasteiger partial charge >= 0.3 is 0 Å². The zero-order chi connectivity index (χ0) is 16.6. The van der Waals surface area contributed by atoms with Crippen molar-refractivity contribution in [2.75, 3.05) is 20.1 Å². The minimum atomic E-state index is -0.0268. The Labute approximate surface area is 134 Å². The van der Waals surface area contributed by atoms with E-state index in [0.717, 1.165) is 37.7 Å². The van der Waals surface area contributed by atoms with Gasteiger partial charge in [0.15, 0.2) is 5.96 Å². The van der Waals surface area contributed by atoms with Crippen LogP contribution in [0, 0.1) is 0 Å². The van der Waals surface area contributed by atoms with Crippen molar-refractivity contribution in [3.05, 3.63) is 30.5 Å². The van der Waals surface area contributed by atoms with E-state index < -0.39 is 0 Å². The van der Waals surface area contributed by atoms with Crippen LogP contribution >= 0.6 is 0 Å². The number of aliphatic imine (C=N–C) groups is 1. The highest BCUT2D eigenvalue weighted by molar-refractivity contribution is 5.79. The Morgan fingerprint density at radius 2 is 2.23 bits per heavy atom. The maximum atomic E-state index is 5.78. The highest BCUT2D eigenvalue weighted by atomic mass is 16.4. The predicted molar refractivity (Wildman–Crippen MR) is 92.1 cm³/mol. The monoisotopic (exact) mass is 306 g/mol. The maximum Gasteiger partial charge on any atom is 0.216 e. The molecule has 0 unspecified atom stereocenters. The van der Waals surface area contributed by atoms with Gasteiger partial charge in [-0.3, -0.25) is 0 Å². The molecule has 0 aliphatic heterocycles.